The van der Waals surface area contributed by atoms with E-state index in [4.69, 9.17) is 9.72 Å². The first-order valence-electron chi connectivity index (χ1n) is 9.52. The van der Waals surface area contributed by atoms with Crippen molar-refractivity contribution >= 4 is 11.6 Å². The lowest BCUT2D eigenvalue weighted by molar-refractivity contribution is 0.122. The van der Waals surface area contributed by atoms with Crippen LogP contribution in [0.15, 0.2) is 24.4 Å². The number of hydrogen-bond donors (Lipinski definition) is 1. The van der Waals surface area contributed by atoms with Crippen molar-refractivity contribution in [3.05, 3.63) is 35.5 Å². The maximum atomic E-state index is 5.44. The van der Waals surface area contributed by atoms with Gasteiger partial charge in [0, 0.05) is 36.1 Å². The molecular weight excluding hydrogens is 324 g/mol. The fraction of sp³-hybridized carbons (Fsp3) is 0.524. The number of rotatable bonds is 2. The molecule has 1 aromatic carbocycles. The van der Waals surface area contributed by atoms with E-state index in [0.717, 1.165) is 44.4 Å². The van der Waals surface area contributed by atoms with Crippen molar-refractivity contribution in [1.29, 1.82) is 0 Å². The van der Waals surface area contributed by atoms with Gasteiger partial charge in [-0.15, -0.1) is 0 Å². The molecular formula is C21H28N4O. The first-order chi connectivity index (χ1) is 12.4. The lowest BCUT2D eigenvalue weighted by Gasteiger charge is -2.38. The number of fused-ring (bicyclic) bond motifs is 1. The Hall–Kier alpha value is -2.14. The van der Waals surface area contributed by atoms with Crippen molar-refractivity contribution in [3.8, 4) is 11.3 Å². The number of nitrogens with zero attached hydrogens (tertiary/aromatic N) is 3. The van der Waals surface area contributed by atoms with Crippen LogP contribution >= 0.6 is 0 Å². The number of aromatic nitrogens is 2. The molecule has 2 aromatic rings. The summed E-state index contributed by atoms with van der Waals surface area (Å²) in [6.45, 7) is 12.2. The van der Waals surface area contributed by atoms with Crippen LogP contribution < -0.4 is 10.2 Å². The molecule has 0 amide bonds. The van der Waals surface area contributed by atoms with Crippen LogP contribution in [-0.4, -0.2) is 41.8 Å². The van der Waals surface area contributed by atoms with Gasteiger partial charge in [0.15, 0.2) is 0 Å². The van der Waals surface area contributed by atoms with Crippen molar-refractivity contribution in [2.24, 2.45) is 0 Å². The van der Waals surface area contributed by atoms with Crippen LogP contribution in [0.3, 0.4) is 0 Å². The Morgan fingerprint density at radius 3 is 2.77 bits per heavy atom. The number of morpholine rings is 1. The summed E-state index contributed by atoms with van der Waals surface area (Å²) < 4.78 is 5.44. The molecule has 2 aliphatic heterocycles. The van der Waals surface area contributed by atoms with E-state index in [1.807, 2.05) is 12.3 Å². The third kappa shape index (κ3) is 3.28. The van der Waals surface area contributed by atoms with Gasteiger partial charge in [-0.05, 0) is 56.4 Å². The zero-order chi connectivity index (χ0) is 18.3. The van der Waals surface area contributed by atoms with Crippen LogP contribution in [0.5, 0.6) is 0 Å². The molecule has 1 aromatic heterocycles. The SMILES string of the molecule is Cc1cc2c(cc1-c1ccnc(N3CCOCC3)n1)NC(C)(C)C[C@H]2C. The molecule has 3 heterocycles. The van der Waals surface area contributed by atoms with Gasteiger partial charge in [0.05, 0.1) is 18.9 Å². The minimum absolute atomic E-state index is 0.115. The Morgan fingerprint density at radius 1 is 1.23 bits per heavy atom. The van der Waals surface area contributed by atoms with Crippen LogP contribution in [-0.2, 0) is 4.74 Å². The highest BCUT2D eigenvalue weighted by molar-refractivity contribution is 5.73. The zero-order valence-corrected chi connectivity index (χ0v) is 16.2. The maximum absolute atomic E-state index is 5.44. The van der Waals surface area contributed by atoms with Crippen LogP contribution in [0.4, 0.5) is 11.6 Å². The Kier molecular flexibility index (Phi) is 4.35. The number of hydrogen-bond acceptors (Lipinski definition) is 5. The summed E-state index contributed by atoms with van der Waals surface area (Å²) in [5, 5.41) is 3.71. The molecule has 1 saturated heterocycles. The molecule has 4 rings (SSSR count). The second kappa shape index (κ2) is 6.54. The van der Waals surface area contributed by atoms with Crippen molar-refractivity contribution in [1.82, 2.24) is 9.97 Å². The van der Waals surface area contributed by atoms with E-state index in [-0.39, 0.29) is 5.54 Å². The third-order valence-corrected chi connectivity index (χ3v) is 5.43. The molecule has 138 valence electrons. The lowest BCUT2D eigenvalue weighted by Crippen LogP contribution is -2.37. The van der Waals surface area contributed by atoms with Crippen LogP contribution in [0.2, 0.25) is 0 Å². The van der Waals surface area contributed by atoms with Gasteiger partial charge in [0.25, 0.3) is 0 Å². The van der Waals surface area contributed by atoms with Gasteiger partial charge < -0.3 is 15.0 Å². The maximum Gasteiger partial charge on any atom is 0.226 e. The molecule has 0 spiro atoms. The van der Waals surface area contributed by atoms with E-state index in [2.05, 4.69) is 55.0 Å². The normalized spacial score (nSPS) is 21.8. The van der Waals surface area contributed by atoms with Gasteiger partial charge in [-0.25, -0.2) is 9.97 Å². The molecule has 2 aliphatic rings. The van der Waals surface area contributed by atoms with Gasteiger partial charge in [-0.3, -0.25) is 0 Å². The van der Waals surface area contributed by atoms with Crippen molar-refractivity contribution in [2.75, 3.05) is 36.5 Å². The molecule has 0 aliphatic carbocycles. The van der Waals surface area contributed by atoms with Crippen molar-refractivity contribution < 1.29 is 4.74 Å². The summed E-state index contributed by atoms with van der Waals surface area (Å²) in [6, 6.07) is 6.61. The van der Waals surface area contributed by atoms with Crippen LogP contribution in [0.1, 0.15) is 44.2 Å². The number of aryl methyl sites for hydroxylation is 1. The Morgan fingerprint density at radius 2 is 2.00 bits per heavy atom. The van der Waals surface area contributed by atoms with Gasteiger partial charge in [-0.1, -0.05) is 13.0 Å². The predicted molar refractivity (Wildman–Crippen MR) is 106 cm³/mol. The van der Waals surface area contributed by atoms with Gasteiger partial charge in [-0.2, -0.15) is 0 Å². The lowest BCUT2D eigenvalue weighted by atomic mass is 9.80. The molecule has 1 N–H and O–H groups in total. The fourth-order valence-electron chi connectivity index (χ4n) is 4.23. The average Bonchev–Trinajstić information content (AvgIpc) is 2.62. The Bertz CT molecular complexity index is 812. The smallest absolute Gasteiger partial charge is 0.226 e. The number of ether oxygens (including phenoxy) is 1. The number of benzene rings is 1. The minimum Gasteiger partial charge on any atom is -0.380 e. The zero-order valence-electron chi connectivity index (χ0n) is 16.2. The summed E-state index contributed by atoms with van der Waals surface area (Å²) in [7, 11) is 0. The Labute approximate surface area is 155 Å². The van der Waals surface area contributed by atoms with Crippen LogP contribution in [0.25, 0.3) is 11.3 Å². The molecule has 0 bridgehead atoms. The number of nitrogens with one attached hydrogen (secondary N) is 1. The van der Waals surface area contributed by atoms with Crippen molar-refractivity contribution in [2.45, 2.75) is 45.6 Å². The quantitative estimate of drug-likeness (QED) is 0.886. The molecule has 1 fully saturated rings. The van der Waals surface area contributed by atoms with Crippen LogP contribution in [0, 0.1) is 6.92 Å². The standard InChI is InChI=1S/C21H28N4O/c1-14-11-16-15(2)13-21(3,4)24-19(16)12-17(14)18-5-6-22-20(23-18)25-7-9-26-10-8-25/h5-6,11-12,15,24H,7-10,13H2,1-4H3/t15-/m1/s1. The van der Waals surface area contributed by atoms with Gasteiger partial charge in [0.2, 0.25) is 5.95 Å². The molecule has 0 saturated carbocycles. The van der Waals surface area contributed by atoms with E-state index >= 15 is 0 Å². The molecule has 0 radical (unpaired) electrons. The summed E-state index contributed by atoms with van der Waals surface area (Å²) in [6.07, 6.45) is 3.01. The van der Waals surface area contributed by atoms with E-state index in [0.29, 0.717) is 5.92 Å². The third-order valence-electron chi connectivity index (χ3n) is 5.43. The largest absolute Gasteiger partial charge is 0.380 e. The van der Waals surface area contributed by atoms with Gasteiger partial charge >= 0.3 is 0 Å². The molecule has 5 nitrogen and oxygen atoms in total. The monoisotopic (exact) mass is 352 g/mol. The van der Waals surface area contributed by atoms with E-state index in [1.54, 1.807) is 0 Å². The van der Waals surface area contributed by atoms with E-state index in [9.17, 15) is 0 Å². The first kappa shape index (κ1) is 17.3. The first-order valence-corrected chi connectivity index (χ1v) is 9.52. The fourth-order valence-corrected chi connectivity index (χ4v) is 4.23. The topological polar surface area (TPSA) is 50.3 Å². The average molecular weight is 352 g/mol. The highest BCUT2D eigenvalue weighted by atomic mass is 16.5. The minimum atomic E-state index is 0.115. The molecule has 0 unspecified atom stereocenters. The Balaban J connectivity index is 1.72. The highest BCUT2D eigenvalue weighted by Gasteiger charge is 2.30. The molecule has 5 heteroatoms. The van der Waals surface area contributed by atoms with E-state index < -0.39 is 0 Å². The summed E-state index contributed by atoms with van der Waals surface area (Å²) in [5.41, 5.74) is 6.19. The van der Waals surface area contributed by atoms with Crippen molar-refractivity contribution in [3.63, 3.8) is 0 Å². The predicted octanol–water partition coefficient (Wildman–Crippen LogP) is 3.99. The second-order valence-corrected chi connectivity index (χ2v) is 8.21. The molecule has 26 heavy (non-hydrogen) atoms. The summed E-state index contributed by atoms with van der Waals surface area (Å²) in [5.74, 6) is 1.35. The summed E-state index contributed by atoms with van der Waals surface area (Å²) >= 11 is 0. The molecule has 1 atom stereocenters. The highest BCUT2D eigenvalue weighted by Crippen LogP contribution is 2.41. The van der Waals surface area contributed by atoms with E-state index in [1.165, 1.54) is 22.4 Å². The second-order valence-electron chi connectivity index (χ2n) is 8.21. The number of anilines is 2. The van der Waals surface area contributed by atoms with Gasteiger partial charge in [0.1, 0.15) is 0 Å². The summed E-state index contributed by atoms with van der Waals surface area (Å²) in [4.78, 5) is 11.5.